The first-order valence-electron chi connectivity index (χ1n) is 9.68. The maximum Gasteiger partial charge on any atom is 0.263 e. The number of anilines is 2. The molecular formula is C21H20ClN5O5. The molecular weight excluding hydrogens is 438 g/mol. The second-order valence-electron chi connectivity index (χ2n) is 7.20. The number of ether oxygens (including phenoxy) is 2. The molecule has 0 bridgehead atoms. The van der Waals surface area contributed by atoms with Gasteiger partial charge >= 0.3 is 0 Å². The third-order valence-corrected chi connectivity index (χ3v) is 5.74. The molecule has 3 amide bonds. The van der Waals surface area contributed by atoms with Crippen molar-refractivity contribution in [1.82, 2.24) is 5.01 Å². The monoisotopic (exact) mass is 457 g/mol. The van der Waals surface area contributed by atoms with Crippen molar-refractivity contribution in [3.63, 3.8) is 0 Å². The van der Waals surface area contributed by atoms with Crippen molar-refractivity contribution < 1.29 is 23.9 Å². The Labute approximate surface area is 188 Å². The van der Waals surface area contributed by atoms with Crippen LogP contribution in [0.5, 0.6) is 11.5 Å². The molecule has 1 N–H and O–H groups in total. The fraction of sp³-hybridized carbons (Fsp3) is 0.286. The number of hydrogen-bond acceptors (Lipinski definition) is 8. The largest absolute Gasteiger partial charge is 0.493 e. The van der Waals surface area contributed by atoms with Gasteiger partial charge in [0.05, 0.1) is 19.9 Å². The van der Waals surface area contributed by atoms with E-state index in [1.54, 1.807) is 37.3 Å². The maximum atomic E-state index is 13.1. The molecule has 0 saturated carbocycles. The molecule has 2 aromatic carbocycles. The molecule has 2 atom stereocenters. The Hall–Kier alpha value is -3.66. The first-order chi connectivity index (χ1) is 15.3. The first kappa shape index (κ1) is 21.6. The van der Waals surface area contributed by atoms with E-state index >= 15 is 0 Å². The van der Waals surface area contributed by atoms with E-state index in [2.05, 4.69) is 15.7 Å². The van der Waals surface area contributed by atoms with Gasteiger partial charge in [-0.1, -0.05) is 22.9 Å². The minimum Gasteiger partial charge on any atom is -0.493 e. The van der Waals surface area contributed by atoms with E-state index in [0.29, 0.717) is 27.9 Å². The van der Waals surface area contributed by atoms with Crippen molar-refractivity contribution in [2.45, 2.75) is 19.0 Å². The minimum absolute atomic E-state index is 0.255. The predicted octanol–water partition coefficient (Wildman–Crippen LogP) is 2.60. The van der Waals surface area contributed by atoms with Crippen LogP contribution in [0.4, 0.5) is 11.4 Å². The molecule has 0 unspecified atom stereocenters. The molecule has 2 aliphatic heterocycles. The average molecular weight is 458 g/mol. The molecule has 0 spiro atoms. The van der Waals surface area contributed by atoms with Gasteiger partial charge in [0.25, 0.3) is 11.8 Å². The minimum atomic E-state index is -1.02. The molecule has 1 fully saturated rings. The summed E-state index contributed by atoms with van der Waals surface area (Å²) in [7, 11) is 2.95. The fourth-order valence-corrected chi connectivity index (χ4v) is 3.83. The van der Waals surface area contributed by atoms with E-state index in [0.717, 1.165) is 10.5 Å². The lowest BCUT2D eigenvalue weighted by molar-refractivity contribution is -0.123. The van der Waals surface area contributed by atoms with Gasteiger partial charge in [-0.2, -0.15) is 5.11 Å². The van der Waals surface area contributed by atoms with Gasteiger partial charge < -0.3 is 14.8 Å². The molecule has 166 valence electrons. The van der Waals surface area contributed by atoms with Crippen molar-refractivity contribution in [2.24, 2.45) is 10.3 Å². The normalized spacial score (nSPS) is 19.4. The quantitative estimate of drug-likeness (QED) is 0.667. The molecule has 2 aliphatic rings. The van der Waals surface area contributed by atoms with Gasteiger partial charge in [-0.05, 0) is 36.8 Å². The molecule has 4 rings (SSSR count). The van der Waals surface area contributed by atoms with Gasteiger partial charge in [0, 0.05) is 16.8 Å². The third-order valence-electron chi connectivity index (χ3n) is 5.33. The van der Waals surface area contributed by atoms with Crippen LogP contribution in [-0.4, -0.2) is 55.6 Å². The molecule has 11 heteroatoms. The lowest BCUT2D eigenvalue weighted by atomic mass is 10.1. The highest BCUT2D eigenvalue weighted by Crippen LogP contribution is 2.36. The number of rotatable bonds is 6. The van der Waals surface area contributed by atoms with Crippen molar-refractivity contribution in [3.05, 3.63) is 47.0 Å². The van der Waals surface area contributed by atoms with Gasteiger partial charge in [0.2, 0.25) is 5.91 Å². The number of carbonyl (C=O) groups is 3. The van der Waals surface area contributed by atoms with Crippen molar-refractivity contribution in [2.75, 3.05) is 31.0 Å². The van der Waals surface area contributed by atoms with E-state index in [9.17, 15) is 14.4 Å². The van der Waals surface area contributed by atoms with Crippen LogP contribution in [0.1, 0.15) is 5.56 Å². The molecule has 1 saturated heterocycles. The van der Waals surface area contributed by atoms with Crippen LogP contribution in [0.15, 0.2) is 46.7 Å². The number of amides is 3. The Morgan fingerprint density at radius 2 is 1.88 bits per heavy atom. The number of halogens is 1. The van der Waals surface area contributed by atoms with Gasteiger partial charge in [0.1, 0.15) is 6.54 Å². The summed E-state index contributed by atoms with van der Waals surface area (Å²) in [5.41, 5.74) is 1.59. The summed E-state index contributed by atoms with van der Waals surface area (Å²) >= 11 is 6.09. The van der Waals surface area contributed by atoms with Crippen LogP contribution in [0.25, 0.3) is 0 Å². The number of carbonyl (C=O) groups excluding carboxylic acids is 3. The number of methoxy groups -OCH3 is 2. The smallest absolute Gasteiger partial charge is 0.263 e. The lowest BCUT2D eigenvalue weighted by Gasteiger charge is -2.21. The van der Waals surface area contributed by atoms with Crippen molar-refractivity contribution >= 4 is 40.7 Å². The number of nitrogens with one attached hydrogen (secondary N) is 1. The van der Waals surface area contributed by atoms with Crippen LogP contribution in [-0.2, 0) is 14.4 Å². The summed E-state index contributed by atoms with van der Waals surface area (Å²) in [6, 6.07) is 7.85. The van der Waals surface area contributed by atoms with Gasteiger partial charge in [0.15, 0.2) is 23.6 Å². The Balaban J connectivity index is 1.52. The Bertz CT molecular complexity index is 1140. The molecule has 2 aromatic rings. The van der Waals surface area contributed by atoms with E-state index in [1.165, 1.54) is 25.3 Å². The second kappa shape index (κ2) is 8.46. The summed E-state index contributed by atoms with van der Waals surface area (Å²) in [6.07, 6.45) is 0. The highest BCUT2D eigenvalue weighted by atomic mass is 35.5. The summed E-state index contributed by atoms with van der Waals surface area (Å²) in [5, 5.41) is 12.3. The third kappa shape index (κ3) is 3.62. The van der Waals surface area contributed by atoms with Crippen LogP contribution < -0.4 is 19.7 Å². The molecule has 0 aliphatic carbocycles. The van der Waals surface area contributed by atoms with E-state index < -0.39 is 29.8 Å². The SMILES string of the molecule is COc1ccc(N2C(=O)[C@H]3N=NN(CC(=O)Nc4cccc(Cl)c4C)[C@@H]3C2=O)cc1OC. The molecule has 0 radical (unpaired) electrons. The van der Waals surface area contributed by atoms with Crippen LogP contribution in [0.2, 0.25) is 5.02 Å². The second-order valence-corrected chi connectivity index (χ2v) is 7.61. The topological polar surface area (TPSA) is 113 Å². The highest BCUT2D eigenvalue weighted by Gasteiger charge is 2.55. The molecule has 10 nitrogen and oxygen atoms in total. The number of benzene rings is 2. The summed E-state index contributed by atoms with van der Waals surface area (Å²) in [5.74, 6) is -0.629. The molecule has 32 heavy (non-hydrogen) atoms. The van der Waals surface area contributed by atoms with Crippen LogP contribution >= 0.6 is 11.6 Å². The summed E-state index contributed by atoms with van der Waals surface area (Å²) < 4.78 is 10.5. The van der Waals surface area contributed by atoms with E-state index in [1.807, 2.05) is 0 Å². The lowest BCUT2D eigenvalue weighted by Crippen LogP contribution is -2.43. The van der Waals surface area contributed by atoms with Gasteiger partial charge in [-0.25, -0.2) is 4.90 Å². The number of fused-ring (bicyclic) bond motifs is 1. The maximum absolute atomic E-state index is 13.1. The zero-order chi connectivity index (χ0) is 23.0. The number of hydrogen-bond donors (Lipinski definition) is 1. The summed E-state index contributed by atoms with van der Waals surface area (Å²) in [4.78, 5) is 39.6. The Morgan fingerprint density at radius 3 is 2.59 bits per heavy atom. The highest BCUT2D eigenvalue weighted by molar-refractivity contribution is 6.31. The first-order valence-corrected chi connectivity index (χ1v) is 10.1. The Morgan fingerprint density at radius 1 is 1.12 bits per heavy atom. The van der Waals surface area contributed by atoms with Crippen molar-refractivity contribution in [1.29, 1.82) is 0 Å². The number of imide groups is 1. The van der Waals surface area contributed by atoms with Crippen LogP contribution in [0, 0.1) is 6.92 Å². The van der Waals surface area contributed by atoms with Crippen LogP contribution in [0.3, 0.4) is 0 Å². The van der Waals surface area contributed by atoms with E-state index in [-0.39, 0.29) is 6.54 Å². The number of nitrogens with zero attached hydrogens (tertiary/aromatic N) is 4. The van der Waals surface area contributed by atoms with Gasteiger partial charge in [-0.3, -0.25) is 19.4 Å². The van der Waals surface area contributed by atoms with E-state index in [4.69, 9.17) is 21.1 Å². The molecule has 2 heterocycles. The zero-order valence-corrected chi connectivity index (χ0v) is 18.3. The standard InChI is InChI=1S/C21H20ClN5O5/c1-11-13(22)5-4-6-14(11)23-17(28)10-26-19-18(24-25-26)20(29)27(21(19)30)12-7-8-15(31-2)16(9-12)32-3/h4-9,18-19H,10H2,1-3H3,(H,23,28)/t18-,19-/m0/s1. The summed E-state index contributed by atoms with van der Waals surface area (Å²) in [6.45, 7) is 1.53. The zero-order valence-electron chi connectivity index (χ0n) is 17.5. The Kier molecular flexibility index (Phi) is 5.70. The fourth-order valence-electron chi connectivity index (χ4n) is 3.65. The van der Waals surface area contributed by atoms with Gasteiger partial charge in [-0.15, -0.1) is 0 Å². The molecule has 0 aromatic heterocycles. The van der Waals surface area contributed by atoms with Crippen molar-refractivity contribution in [3.8, 4) is 11.5 Å². The average Bonchev–Trinajstić information content (AvgIpc) is 3.30. The predicted molar refractivity (Wildman–Crippen MR) is 116 cm³/mol.